The molecule has 25 heavy (non-hydrogen) atoms. The van der Waals surface area contributed by atoms with Crippen molar-refractivity contribution in [1.82, 2.24) is 9.88 Å². The lowest BCUT2D eigenvalue weighted by Gasteiger charge is -2.22. The number of carbonyl (C=O) groups excluding carboxylic acids is 1. The number of fused-ring (bicyclic) bond motifs is 1. The van der Waals surface area contributed by atoms with Crippen molar-refractivity contribution in [2.75, 3.05) is 13.7 Å². The van der Waals surface area contributed by atoms with Gasteiger partial charge in [0.2, 0.25) is 0 Å². The number of rotatable bonds is 4. The number of aryl methyl sites for hydroxylation is 1. The largest absolute Gasteiger partial charge is 0.461 e. The van der Waals surface area contributed by atoms with Gasteiger partial charge in [-0.15, -0.1) is 0 Å². The van der Waals surface area contributed by atoms with Crippen LogP contribution in [0.5, 0.6) is 0 Å². The number of likely N-dealkylation sites (tertiary alicyclic amines) is 1. The first-order chi connectivity index (χ1) is 12.2. The van der Waals surface area contributed by atoms with E-state index in [4.69, 9.17) is 9.15 Å². The second kappa shape index (κ2) is 6.41. The van der Waals surface area contributed by atoms with Gasteiger partial charge in [-0.25, -0.2) is 0 Å². The molecule has 4 rings (SSSR count). The molecule has 5 heteroatoms. The molecule has 1 aliphatic rings. The van der Waals surface area contributed by atoms with Gasteiger partial charge in [0.05, 0.1) is 6.04 Å². The Labute approximate surface area is 146 Å². The van der Waals surface area contributed by atoms with Gasteiger partial charge in [-0.2, -0.15) is 0 Å². The number of H-pyrrole nitrogens is 1. The van der Waals surface area contributed by atoms with E-state index in [1.807, 2.05) is 35.2 Å². The highest BCUT2D eigenvalue weighted by atomic mass is 16.5. The Balaban J connectivity index is 1.60. The Morgan fingerprint density at radius 3 is 3.04 bits per heavy atom. The number of aromatic amines is 1. The fraction of sp³-hybridized carbons (Fsp3) is 0.350. The van der Waals surface area contributed by atoms with Crippen molar-refractivity contribution in [2.24, 2.45) is 0 Å². The van der Waals surface area contributed by atoms with Crippen molar-refractivity contribution in [2.45, 2.75) is 32.4 Å². The number of amides is 1. The number of hydrogen-bond donors (Lipinski definition) is 1. The molecule has 0 saturated carbocycles. The van der Waals surface area contributed by atoms with Gasteiger partial charge >= 0.3 is 0 Å². The molecule has 1 fully saturated rings. The topological polar surface area (TPSA) is 58.5 Å². The summed E-state index contributed by atoms with van der Waals surface area (Å²) >= 11 is 0. The van der Waals surface area contributed by atoms with Crippen LogP contribution in [-0.4, -0.2) is 29.4 Å². The molecule has 1 aliphatic heterocycles. The smallest absolute Gasteiger partial charge is 0.270 e. The summed E-state index contributed by atoms with van der Waals surface area (Å²) in [5.74, 6) is 1.66. The molecule has 1 amide bonds. The number of ether oxygens (including phenoxy) is 1. The first-order valence-corrected chi connectivity index (χ1v) is 8.63. The summed E-state index contributed by atoms with van der Waals surface area (Å²) in [5, 5.41) is 1.07. The lowest BCUT2D eigenvalue weighted by Crippen LogP contribution is -2.30. The van der Waals surface area contributed by atoms with Gasteiger partial charge < -0.3 is 19.0 Å². The van der Waals surface area contributed by atoms with Crippen molar-refractivity contribution in [3.8, 4) is 0 Å². The van der Waals surface area contributed by atoms with Gasteiger partial charge in [0.1, 0.15) is 23.8 Å². The lowest BCUT2D eigenvalue weighted by atomic mass is 10.1. The SMILES string of the molecule is COCc1ccc(C2CCCN2C(=O)c2cc3cc(C)ccc3[nH]2)o1. The molecule has 1 aromatic carbocycles. The van der Waals surface area contributed by atoms with Gasteiger partial charge in [-0.05, 0) is 50.1 Å². The zero-order chi connectivity index (χ0) is 17.4. The fourth-order valence-electron chi connectivity index (χ4n) is 3.62. The maximum Gasteiger partial charge on any atom is 0.270 e. The van der Waals surface area contributed by atoms with Gasteiger partial charge in [-0.1, -0.05) is 11.6 Å². The van der Waals surface area contributed by atoms with E-state index in [-0.39, 0.29) is 11.9 Å². The molecule has 3 aromatic rings. The Bertz CT molecular complexity index is 909. The van der Waals surface area contributed by atoms with Crippen LogP contribution in [-0.2, 0) is 11.3 Å². The normalized spacial score (nSPS) is 17.5. The number of nitrogens with zero attached hydrogens (tertiary/aromatic N) is 1. The van der Waals surface area contributed by atoms with Crippen LogP contribution >= 0.6 is 0 Å². The number of hydrogen-bond acceptors (Lipinski definition) is 3. The summed E-state index contributed by atoms with van der Waals surface area (Å²) < 4.78 is 11.0. The number of benzene rings is 1. The fourth-order valence-corrected chi connectivity index (χ4v) is 3.62. The average Bonchev–Trinajstić information content (AvgIpc) is 3.32. The molecule has 1 saturated heterocycles. The molecule has 0 radical (unpaired) electrons. The molecular weight excluding hydrogens is 316 g/mol. The second-order valence-electron chi connectivity index (χ2n) is 6.67. The van der Waals surface area contributed by atoms with Crippen molar-refractivity contribution in [3.63, 3.8) is 0 Å². The van der Waals surface area contributed by atoms with Crippen molar-refractivity contribution in [3.05, 3.63) is 59.2 Å². The van der Waals surface area contributed by atoms with Crippen LogP contribution in [0.25, 0.3) is 10.9 Å². The molecule has 0 aliphatic carbocycles. The van der Waals surface area contributed by atoms with Crippen LogP contribution in [0.2, 0.25) is 0 Å². The van der Waals surface area contributed by atoms with Gasteiger partial charge in [0.15, 0.2) is 0 Å². The summed E-state index contributed by atoms with van der Waals surface area (Å²) in [6.45, 7) is 3.25. The van der Waals surface area contributed by atoms with E-state index < -0.39 is 0 Å². The van der Waals surface area contributed by atoms with Gasteiger partial charge in [-0.3, -0.25) is 4.79 Å². The quantitative estimate of drug-likeness (QED) is 0.776. The Morgan fingerprint density at radius 1 is 1.32 bits per heavy atom. The molecule has 5 nitrogen and oxygen atoms in total. The standard InChI is InChI=1S/C20H22N2O3/c1-13-5-7-16-14(10-13)11-17(21-16)20(23)22-9-3-4-18(22)19-8-6-15(25-19)12-24-2/h5-8,10-11,18,21H,3-4,9,12H2,1-2H3. The van der Waals surface area contributed by atoms with Crippen LogP contribution in [0.1, 0.15) is 46.5 Å². The lowest BCUT2D eigenvalue weighted by molar-refractivity contribution is 0.0711. The number of methoxy groups -OCH3 is 1. The van der Waals surface area contributed by atoms with E-state index in [0.29, 0.717) is 12.3 Å². The third-order valence-corrected chi connectivity index (χ3v) is 4.82. The van der Waals surface area contributed by atoms with Crippen LogP contribution in [0.4, 0.5) is 0 Å². The van der Waals surface area contributed by atoms with Crippen LogP contribution in [0, 0.1) is 6.92 Å². The zero-order valence-corrected chi connectivity index (χ0v) is 14.5. The second-order valence-corrected chi connectivity index (χ2v) is 6.67. The molecule has 1 unspecified atom stereocenters. The van der Waals surface area contributed by atoms with Crippen LogP contribution < -0.4 is 0 Å². The van der Waals surface area contributed by atoms with Gasteiger partial charge in [0.25, 0.3) is 5.91 Å². The monoisotopic (exact) mass is 338 g/mol. The van der Waals surface area contributed by atoms with E-state index in [0.717, 1.165) is 41.8 Å². The Morgan fingerprint density at radius 2 is 2.20 bits per heavy atom. The van der Waals surface area contributed by atoms with E-state index in [1.165, 1.54) is 5.56 Å². The number of nitrogens with one attached hydrogen (secondary N) is 1. The predicted molar refractivity (Wildman–Crippen MR) is 95.5 cm³/mol. The highest BCUT2D eigenvalue weighted by Gasteiger charge is 2.33. The molecule has 2 aromatic heterocycles. The summed E-state index contributed by atoms with van der Waals surface area (Å²) in [6.07, 6.45) is 1.90. The highest BCUT2D eigenvalue weighted by Crippen LogP contribution is 2.34. The first-order valence-electron chi connectivity index (χ1n) is 8.63. The van der Waals surface area contributed by atoms with Gasteiger partial charge in [0, 0.05) is 24.6 Å². The maximum atomic E-state index is 13.0. The molecule has 0 bridgehead atoms. The molecule has 1 atom stereocenters. The van der Waals surface area contributed by atoms with E-state index in [9.17, 15) is 4.79 Å². The average molecular weight is 338 g/mol. The summed E-state index contributed by atoms with van der Waals surface area (Å²) in [5.41, 5.74) is 2.81. The highest BCUT2D eigenvalue weighted by molar-refractivity contribution is 5.98. The predicted octanol–water partition coefficient (Wildman–Crippen LogP) is 4.19. The molecule has 3 heterocycles. The minimum atomic E-state index is -0.00810. The Hall–Kier alpha value is -2.53. The maximum absolute atomic E-state index is 13.0. The summed E-state index contributed by atoms with van der Waals surface area (Å²) in [4.78, 5) is 18.2. The molecular formula is C20H22N2O3. The minimum Gasteiger partial charge on any atom is -0.461 e. The third-order valence-electron chi connectivity index (χ3n) is 4.82. The molecule has 1 N–H and O–H groups in total. The van der Waals surface area contributed by atoms with Crippen LogP contribution in [0.3, 0.4) is 0 Å². The summed E-state index contributed by atoms with van der Waals surface area (Å²) in [7, 11) is 1.64. The van der Waals surface area contributed by atoms with Crippen LogP contribution in [0.15, 0.2) is 40.8 Å². The first kappa shape index (κ1) is 16.0. The Kier molecular flexibility index (Phi) is 4.09. The van der Waals surface area contributed by atoms with Crippen molar-refractivity contribution in [1.29, 1.82) is 0 Å². The third kappa shape index (κ3) is 2.96. The molecule has 0 spiro atoms. The van der Waals surface area contributed by atoms with E-state index >= 15 is 0 Å². The van der Waals surface area contributed by atoms with Crippen molar-refractivity contribution >= 4 is 16.8 Å². The molecule has 130 valence electrons. The van der Waals surface area contributed by atoms with E-state index in [2.05, 4.69) is 18.0 Å². The zero-order valence-electron chi connectivity index (χ0n) is 14.5. The summed E-state index contributed by atoms with van der Waals surface area (Å²) in [6, 6.07) is 12.0. The number of carbonyl (C=O) groups is 1. The minimum absolute atomic E-state index is 0.00810. The number of furan rings is 1. The number of aromatic nitrogens is 1. The van der Waals surface area contributed by atoms with Crippen molar-refractivity contribution < 1.29 is 13.9 Å². The van der Waals surface area contributed by atoms with E-state index in [1.54, 1.807) is 7.11 Å².